The van der Waals surface area contributed by atoms with Crippen molar-refractivity contribution in [1.29, 1.82) is 0 Å². The van der Waals surface area contributed by atoms with Crippen LogP contribution in [0, 0.1) is 0 Å². The second-order valence-corrected chi connectivity index (χ2v) is 3.05. The lowest BCUT2D eigenvalue weighted by Gasteiger charge is -2.27. The lowest BCUT2D eigenvalue weighted by molar-refractivity contribution is 0.189. The third-order valence-corrected chi connectivity index (χ3v) is 2.09. The summed E-state index contributed by atoms with van der Waals surface area (Å²) in [7, 11) is 0. The minimum absolute atomic E-state index is 0.0123. The van der Waals surface area contributed by atoms with Crippen LogP contribution in [0.25, 0.3) is 0 Å². The van der Waals surface area contributed by atoms with Crippen molar-refractivity contribution < 1.29 is 5.11 Å². The summed E-state index contributed by atoms with van der Waals surface area (Å²) in [6.45, 7) is 7.08. The Kier molecular flexibility index (Phi) is 5.27. The molecule has 4 heteroatoms. The molecule has 0 spiro atoms. The van der Waals surface area contributed by atoms with Crippen LogP contribution in [0.3, 0.4) is 0 Å². The lowest BCUT2D eigenvalue weighted by atomic mass is 10.3. The lowest BCUT2D eigenvalue weighted by Crippen LogP contribution is -2.45. The van der Waals surface area contributed by atoms with Gasteiger partial charge in [-0.1, -0.05) is 0 Å². The predicted octanol–water partition coefficient (Wildman–Crippen LogP) is -1.09. The van der Waals surface area contributed by atoms with E-state index in [1.165, 1.54) is 0 Å². The summed E-state index contributed by atoms with van der Waals surface area (Å²) in [5, 5.41) is 16.5. The smallest absolute Gasteiger partial charge is 0.0946 e. The van der Waals surface area contributed by atoms with Crippen molar-refractivity contribution in [2.45, 2.75) is 0 Å². The Balaban J connectivity index is 1.91. The van der Waals surface area contributed by atoms with Gasteiger partial charge in [0.05, 0.1) is 6.61 Å². The van der Waals surface area contributed by atoms with Crippen LogP contribution in [-0.2, 0) is 5.11 Å². The molecule has 1 fully saturated rings. The third-order valence-electron chi connectivity index (χ3n) is 2.09. The molecule has 1 rings (SSSR count). The first-order valence-corrected chi connectivity index (χ1v) is 4.65. The van der Waals surface area contributed by atoms with E-state index < -0.39 is 0 Å². The highest BCUT2D eigenvalue weighted by Gasteiger charge is 2.07. The maximum absolute atomic E-state index is 10.1. The average Bonchev–Trinajstić information content (AvgIpc) is 2.14. The maximum atomic E-state index is 10.1. The molecule has 0 aromatic heterocycles. The Labute approximate surface area is 73.9 Å². The summed E-state index contributed by atoms with van der Waals surface area (Å²) in [5.41, 5.74) is 0. The van der Waals surface area contributed by atoms with Gasteiger partial charge in [-0.25, -0.2) is 5.11 Å². The van der Waals surface area contributed by atoms with E-state index in [1.54, 1.807) is 0 Å². The van der Waals surface area contributed by atoms with E-state index in [4.69, 9.17) is 0 Å². The highest BCUT2D eigenvalue weighted by molar-refractivity contribution is 4.67. The molecule has 2 N–H and O–H groups in total. The highest BCUT2D eigenvalue weighted by Crippen LogP contribution is 1.89. The van der Waals surface area contributed by atoms with Crippen molar-refractivity contribution in [3.05, 3.63) is 0 Å². The molecule has 0 aromatic carbocycles. The summed E-state index contributed by atoms with van der Waals surface area (Å²) >= 11 is 0. The van der Waals surface area contributed by atoms with Gasteiger partial charge in [-0.2, -0.15) is 0 Å². The molecule has 0 atom stereocenters. The van der Waals surface area contributed by atoms with Gasteiger partial charge in [0.15, 0.2) is 0 Å². The van der Waals surface area contributed by atoms with Gasteiger partial charge in [-0.3, -0.25) is 4.90 Å². The summed E-state index contributed by atoms with van der Waals surface area (Å²) in [6.07, 6.45) is 0. The van der Waals surface area contributed by atoms with Gasteiger partial charge in [0, 0.05) is 45.8 Å². The molecule has 0 amide bonds. The second-order valence-electron chi connectivity index (χ2n) is 3.05. The van der Waals surface area contributed by atoms with Crippen LogP contribution in [0.2, 0.25) is 0 Å². The van der Waals surface area contributed by atoms with Crippen LogP contribution >= 0.6 is 0 Å². The summed E-state index contributed by atoms with van der Waals surface area (Å²) < 4.78 is 0. The Morgan fingerprint density at radius 2 is 2.00 bits per heavy atom. The normalized spacial score (nSPS) is 19.8. The van der Waals surface area contributed by atoms with Gasteiger partial charge < -0.3 is 10.6 Å². The van der Waals surface area contributed by atoms with Gasteiger partial charge >= 0.3 is 0 Å². The van der Waals surface area contributed by atoms with Gasteiger partial charge in [0.2, 0.25) is 0 Å². The van der Waals surface area contributed by atoms with Crippen molar-refractivity contribution in [3.63, 3.8) is 0 Å². The number of hydrogen-bond donors (Lipinski definition) is 2. The number of nitrogens with one attached hydrogen (secondary N) is 2. The molecule has 4 nitrogen and oxygen atoms in total. The van der Waals surface area contributed by atoms with Crippen LogP contribution < -0.4 is 10.6 Å². The van der Waals surface area contributed by atoms with Crippen LogP contribution in [0.5, 0.6) is 0 Å². The van der Waals surface area contributed by atoms with Crippen LogP contribution in [-0.4, -0.2) is 57.3 Å². The Morgan fingerprint density at radius 1 is 1.25 bits per heavy atom. The fourth-order valence-corrected chi connectivity index (χ4v) is 1.37. The molecule has 1 heterocycles. The molecular formula is C8H18N3O. The Morgan fingerprint density at radius 3 is 2.67 bits per heavy atom. The molecule has 0 unspecified atom stereocenters. The fraction of sp³-hybridized carbons (Fsp3) is 1.00. The zero-order valence-electron chi connectivity index (χ0n) is 7.51. The minimum Gasteiger partial charge on any atom is -0.314 e. The number of rotatable bonds is 5. The van der Waals surface area contributed by atoms with Gasteiger partial charge in [0.1, 0.15) is 0 Å². The van der Waals surface area contributed by atoms with Crippen LogP contribution in [0.1, 0.15) is 0 Å². The number of nitrogens with zero attached hydrogens (tertiary/aromatic N) is 1. The molecular weight excluding hydrogens is 154 g/mol. The topological polar surface area (TPSA) is 47.2 Å². The second kappa shape index (κ2) is 6.37. The van der Waals surface area contributed by atoms with E-state index in [0.29, 0.717) is 6.54 Å². The zero-order chi connectivity index (χ0) is 8.65. The predicted molar refractivity (Wildman–Crippen MR) is 47.7 cm³/mol. The number of hydrogen-bond acceptors (Lipinski definition) is 3. The first-order chi connectivity index (χ1) is 5.93. The van der Waals surface area contributed by atoms with E-state index in [2.05, 4.69) is 15.5 Å². The molecule has 12 heavy (non-hydrogen) atoms. The summed E-state index contributed by atoms with van der Waals surface area (Å²) in [6, 6.07) is 0. The quantitative estimate of drug-likeness (QED) is 0.518. The first-order valence-electron chi connectivity index (χ1n) is 4.65. The molecule has 71 valence electrons. The van der Waals surface area contributed by atoms with Gasteiger partial charge in [0.25, 0.3) is 0 Å². The molecule has 0 aromatic rings. The first kappa shape index (κ1) is 9.92. The summed E-state index contributed by atoms with van der Waals surface area (Å²) in [5.74, 6) is 0. The van der Waals surface area contributed by atoms with Crippen LogP contribution in [0.15, 0.2) is 0 Å². The van der Waals surface area contributed by atoms with Gasteiger partial charge in [-0.05, 0) is 0 Å². The van der Waals surface area contributed by atoms with Crippen molar-refractivity contribution in [3.8, 4) is 0 Å². The largest absolute Gasteiger partial charge is 0.314 e. The van der Waals surface area contributed by atoms with Crippen molar-refractivity contribution in [2.75, 3.05) is 52.4 Å². The standard InChI is InChI=1S/C8H18N3O/c12-8-4-10-3-7-11-5-1-9-2-6-11/h9-10H,1-8H2. The zero-order valence-corrected chi connectivity index (χ0v) is 7.51. The SMILES string of the molecule is [O]CCNCCN1CCNCC1. The van der Waals surface area contributed by atoms with E-state index >= 15 is 0 Å². The van der Waals surface area contributed by atoms with Crippen molar-refractivity contribution in [2.24, 2.45) is 0 Å². The molecule has 1 aliphatic heterocycles. The minimum atomic E-state index is -0.0123. The van der Waals surface area contributed by atoms with Crippen molar-refractivity contribution in [1.82, 2.24) is 15.5 Å². The molecule has 0 aliphatic carbocycles. The monoisotopic (exact) mass is 172 g/mol. The molecule has 0 saturated carbocycles. The van der Waals surface area contributed by atoms with E-state index in [9.17, 15) is 5.11 Å². The van der Waals surface area contributed by atoms with Crippen LogP contribution in [0.4, 0.5) is 0 Å². The van der Waals surface area contributed by atoms with E-state index in [-0.39, 0.29) is 6.61 Å². The van der Waals surface area contributed by atoms with E-state index in [0.717, 1.165) is 39.3 Å². The third kappa shape index (κ3) is 4.01. The summed E-state index contributed by atoms with van der Waals surface area (Å²) in [4.78, 5) is 2.41. The highest BCUT2D eigenvalue weighted by atomic mass is 16.3. The van der Waals surface area contributed by atoms with Crippen molar-refractivity contribution >= 4 is 0 Å². The average molecular weight is 172 g/mol. The molecule has 1 radical (unpaired) electrons. The van der Waals surface area contributed by atoms with Gasteiger partial charge in [-0.15, -0.1) is 0 Å². The van der Waals surface area contributed by atoms with E-state index in [1.807, 2.05) is 0 Å². The maximum Gasteiger partial charge on any atom is 0.0946 e. The fourth-order valence-electron chi connectivity index (χ4n) is 1.37. The number of piperazine rings is 1. The molecule has 1 aliphatic rings. The Hall–Kier alpha value is -0.160. The molecule has 1 saturated heterocycles. The Bertz CT molecular complexity index is 104. The molecule has 0 bridgehead atoms.